The summed E-state index contributed by atoms with van der Waals surface area (Å²) in [5.41, 5.74) is 2.28. The zero-order chi connectivity index (χ0) is 20.8. The van der Waals surface area contributed by atoms with E-state index in [9.17, 15) is 0 Å². The number of halogens is 1. The number of benzene rings is 1. The minimum absolute atomic E-state index is 0. The predicted octanol–water partition coefficient (Wildman–Crippen LogP) is 3.91. The number of thiazole rings is 1. The second kappa shape index (κ2) is 11.7. The van der Waals surface area contributed by atoms with Gasteiger partial charge in [0.15, 0.2) is 10.9 Å². The number of rotatable bonds is 8. The van der Waals surface area contributed by atoms with Crippen molar-refractivity contribution in [2.45, 2.75) is 32.4 Å². The van der Waals surface area contributed by atoms with Gasteiger partial charge in [0.1, 0.15) is 5.75 Å². The molecule has 0 saturated carbocycles. The second-order valence-corrected chi connectivity index (χ2v) is 8.31. The highest BCUT2D eigenvalue weighted by atomic mass is 127. The first-order valence-corrected chi connectivity index (χ1v) is 11.5. The number of guanidine groups is 1. The van der Waals surface area contributed by atoms with Crippen LogP contribution in [-0.2, 0) is 6.54 Å². The van der Waals surface area contributed by atoms with Crippen molar-refractivity contribution in [1.29, 1.82) is 0 Å². The maximum Gasteiger partial charge on any atom is 0.193 e. The van der Waals surface area contributed by atoms with Crippen LogP contribution < -0.4 is 15.4 Å². The summed E-state index contributed by atoms with van der Waals surface area (Å²) in [4.78, 5) is 13.0. The van der Waals surface area contributed by atoms with Crippen LogP contribution in [-0.4, -0.2) is 53.5 Å². The van der Waals surface area contributed by atoms with Crippen molar-refractivity contribution in [2.24, 2.45) is 4.99 Å². The molecular weight excluding hydrogens is 523 g/mol. The van der Waals surface area contributed by atoms with E-state index in [1.807, 2.05) is 34.3 Å². The monoisotopic (exact) mass is 554 g/mol. The summed E-state index contributed by atoms with van der Waals surface area (Å²) in [6, 6.07) is 8.74. The van der Waals surface area contributed by atoms with Crippen molar-refractivity contribution in [1.82, 2.24) is 24.9 Å². The van der Waals surface area contributed by atoms with Crippen LogP contribution in [0.5, 0.6) is 5.75 Å². The van der Waals surface area contributed by atoms with Crippen LogP contribution in [0.1, 0.15) is 37.1 Å². The van der Waals surface area contributed by atoms with E-state index in [-0.39, 0.29) is 24.0 Å². The Balaban J connectivity index is 0.00000272. The average molecular weight is 555 g/mol. The molecule has 9 heteroatoms. The summed E-state index contributed by atoms with van der Waals surface area (Å²) in [6.45, 7) is 6.54. The van der Waals surface area contributed by atoms with Crippen LogP contribution >= 0.6 is 35.3 Å². The predicted molar refractivity (Wildman–Crippen MR) is 138 cm³/mol. The fourth-order valence-corrected chi connectivity index (χ4v) is 4.60. The van der Waals surface area contributed by atoms with Crippen LogP contribution in [0.4, 0.5) is 0 Å². The molecule has 2 N–H and O–H groups in total. The van der Waals surface area contributed by atoms with Gasteiger partial charge in [-0.15, -0.1) is 35.3 Å². The highest BCUT2D eigenvalue weighted by molar-refractivity contribution is 14.0. The Labute approximate surface area is 204 Å². The molecular formula is C22H31IN6OS. The van der Waals surface area contributed by atoms with Gasteiger partial charge in [0.2, 0.25) is 0 Å². The fraction of sp³-hybridized carbons (Fsp3) is 0.455. The fourth-order valence-electron chi connectivity index (χ4n) is 3.88. The number of nitrogens with zero attached hydrogens (tertiary/aromatic N) is 4. The third kappa shape index (κ3) is 6.11. The molecule has 1 unspecified atom stereocenters. The van der Waals surface area contributed by atoms with Gasteiger partial charge in [-0.05, 0) is 50.6 Å². The largest absolute Gasteiger partial charge is 0.497 e. The number of fused-ring (bicyclic) bond motifs is 1. The van der Waals surface area contributed by atoms with Crippen LogP contribution in [0, 0.1) is 0 Å². The normalized spacial score (nSPS) is 15.6. The van der Waals surface area contributed by atoms with Crippen LogP contribution in [0.2, 0.25) is 0 Å². The Hall–Kier alpha value is -1.85. The van der Waals surface area contributed by atoms with Gasteiger partial charge in [-0.25, -0.2) is 9.98 Å². The summed E-state index contributed by atoms with van der Waals surface area (Å²) in [6.07, 6.45) is 6.60. The third-order valence-corrected chi connectivity index (χ3v) is 6.20. The quantitative estimate of drug-likeness (QED) is 0.251. The average Bonchev–Trinajstić information content (AvgIpc) is 3.50. The zero-order valence-corrected chi connectivity index (χ0v) is 21.2. The van der Waals surface area contributed by atoms with Gasteiger partial charge in [0.25, 0.3) is 0 Å². The molecule has 168 valence electrons. The van der Waals surface area contributed by atoms with Gasteiger partial charge >= 0.3 is 0 Å². The number of hydrogen-bond acceptors (Lipinski definition) is 5. The maximum atomic E-state index is 5.33. The minimum atomic E-state index is 0. The van der Waals surface area contributed by atoms with Crippen molar-refractivity contribution in [3.63, 3.8) is 0 Å². The number of nitrogens with one attached hydrogen (secondary N) is 2. The lowest BCUT2D eigenvalue weighted by atomic mass is 10.1. The van der Waals surface area contributed by atoms with E-state index in [2.05, 4.69) is 39.6 Å². The van der Waals surface area contributed by atoms with Gasteiger partial charge in [-0.2, -0.15) is 0 Å². The van der Waals surface area contributed by atoms with E-state index in [1.165, 1.54) is 18.4 Å². The highest BCUT2D eigenvalue weighted by Crippen LogP contribution is 2.26. The molecule has 0 amide bonds. The molecule has 1 saturated heterocycles. The summed E-state index contributed by atoms with van der Waals surface area (Å²) >= 11 is 1.64. The van der Waals surface area contributed by atoms with Gasteiger partial charge in [-0.1, -0.05) is 12.1 Å². The van der Waals surface area contributed by atoms with Gasteiger partial charge in [0, 0.05) is 30.9 Å². The molecule has 0 aliphatic carbocycles. The van der Waals surface area contributed by atoms with E-state index in [0.29, 0.717) is 12.6 Å². The zero-order valence-electron chi connectivity index (χ0n) is 18.1. The number of aromatic nitrogens is 2. The first-order chi connectivity index (χ1) is 14.8. The number of imidazole rings is 1. The molecule has 3 heterocycles. The lowest BCUT2D eigenvalue weighted by Crippen LogP contribution is -2.42. The molecule has 1 aromatic carbocycles. The minimum Gasteiger partial charge on any atom is -0.497 e. The second-order valence-electron chi connectivity index (χ2n) is 7.43. The first kappa shape index (κ1) is 23.8. The Morgan fingerprint density at radius 3 is 2.68 bits per heavy atom. The molecule has 31 heavy (non-hydrogen) atoms. The van der Waals surface area contributed by atoms with E-state index in [0.717, 1.165) is 48.5 Å². The van der Waals surface area contributed by atoms with Crippen molar-refractivity contribution in [3.05, 3.63) is 53.3 Å². The Bertz CT molecular complexity index is 935. The van der Waals surface area contributed by atoms with Crippen molar-refractivity contribution < 1.29 is 4.74 Å². The molecule has 1 fully saturated rings. The summed E-state index contributed by atoms with van der Waals surface area (Å²) < 4.78 is 7.37. The van der Waals surface area contributed by atoms with Crippen molar-refractivity contribution >= 4 is 46.2 Å². The molecule has 1 atom stereocenters. The maximum absolute atomic E-state index is 5.33. The number of methoxy groups -OCH3 is 1. The lowest BCUT2D eigenvalue weighted by molar-refractivity contribution is 0.245. The highest BCUT2D eigenvalue weighted by Gasteiger charge is 2.23. The van der Waals surface area contributed by atoms with E-state index >= 15 is 0 Å². The molecule has 7 nitrogen and oxygen atoms in total. The molecule has 0 radical (unpaired) electrons. The number of aliphatic imine (C=N–C) groups is 1. The Kier molecular flexibility index (Phi) is 8.97. The van der Waals surface area contributed by atoms with E-state index < -0.39 is 0 Å². The van der Waals surface area contributed by atoms with Crippen molar-refractivity contribution in [2.75, 3.05) is 33.3 Å². The Morgan fingerprint density at radius 1 is 1.23 bits per heavy atom. The topological polar surface area (TPSA) is 66.2 Å². The summed E-state index contributed by atoms with van der Waals surface area (Å²) in [7, 11) is 1.71. The SMILES string of the molecule is CCNC(=NCc1cn2ccsc2n1)NCC(c1ccc(OC)cc1)N1CCCC1.I. The molecule has 0 spiro atoms. The van der Waals surface area contributed by atoms with Crippen LogP contribution in [0.3, 0.4) is 0 Å². The summed E-state index contributed by atoms with van der Waals surface area (Å²) in [5, 5.41) is 8.96. The lowest BCUT2D eigenvalue weighted by Gasteiger charge is -2.29. The summed E-state index contributed by atoms with van der Waals surface area (Å²) in [5.74, 6) is 1.72. The number of likely N-dealkylation sites (tertiary alicyclic amines) is 1. The number of ether oxygens (including phenoxy) is 1. The van der Waals surface area contributed by atoms with Crippen LogP contribution in [0.15, 0.2) is 47.0 Å². The van der Waals surface area contributed by atoms with E-state index in [1.54, 1.807) is 18.4 Å². The van der Waals surface area contributed by atoms with Crippen LogP contribution in [0.25, 0.3) is 4.96 Å². The van der Waals surface area contributed by atoms with Gasteiger partial charge in [-0.3, -0.25) is 9.30 Å². The van der Waals surface area contributed by atoms with Gasteiger partial charge < -0.3 is 15.4 Å². The van der Waals surface area contributed by atoms with Gasteiger partial charge in [0.05, 0.1) is 25.4 Å². The van der Waals surface area contributed by atoms with Crippen molar-refractivity contribution in [3.8, 4) is 5.75 Å². The third-order valence-electron chi connectivity index (χ3n) is 5.43. The first-order valence-electron chi connectivity index (χ1n) is 10.6. The Morgan fingerprint density at radius 2 is 2.00 bits per heavy atom. The standard InChI is InChI=1S/C22H30N6OS.HI/c1-3-23-21(24-14-18-16-28-12-13-30-22(28)26-18)25-15-20(27-10-4-5-11-27)17-6-8-19(29-2)9-7-17;/h6-9,12-13,16,20H,3-5,10-11,14-15H2,1-2H3,(H2,23,24,25);1H. The van der Waals surface area contributed by atoms with E-state index in [4.69, 9.17) is 9.73 Å². The molecule has 4 rings (SSSR count). The molecule has 1 aliphatic rings. The molecule has 1 aliphatic heterocycles. The molecule has 2 aromatic heterocycles. The number of hydrogen-bond donors (Lipinski definition) is 2. The molecule has 0 bridgehead atoms. The smallest absolute Gasteiger partial charge is 0.193 e. The molecule has 3 aromatic rings.